The van der Waals surface area contributed by atoms with E-state index in [1.54, 1.807) is 11.0 Å². The van der Waals surface area contributed by atoms with Gasteiger partial charge in [-0.2, -0.15) is 0 Å². The normalized spacial score (nSPS) is 11.8. The molecule has 0 saturated heterocycles. The highest BCUT2D eigenvalue weighted by Crippen LogP contribution is 2.18. The number of carbonyl (C=O) groups excluding carboxylic acids is 1. The average molecular weight is 320 g/mol. The van der Waals surface area contributed by atoms with Crippen LogP contribution in [0, 0.1) is 0 Å². The number of hydrogen-bond donors (Lipinski definition) is 2. The van der Waals surface area contributed by atoms with E-state index in [1.165, 1.54) is 6.07 Å². The molecule has 1 aromatic heterocycles. The van der Waals surface area contributed by atoms with Gasteiger partial charge in [0.2, 0.25) is 0 Å². The molecule has 0 bridgehead atoms. The van der Waals surface area contributed by atoms with Crippen molar-refractivity contribution in [2.45, 2.75) is 6.04 Å². The maximum atomic E-state index is 12.4. The van der Waals surface area contributed by atoms with Crippen molar-refractivity contribution in [2.24, 2.45) is 0 Å². The number of amides is 1. The summed E-state index contributed by atoms with van der Waals surface area (Å²) in [6.45, 7) is -0.185. The number of benzene rings is 1. The largest absolute Gasteiger partial charge is 0.394 e. The topological polar surface area (TPSA) is 65.5 Å². The van der Waals surface area contributed by atoms with Crippen LogP contribution in [0.4, 0.5) is 5.82 Å². The Bertz CT molecular complexity index is 647. The van der Waals surface area contributed by atoms with Crippen molar-refractivity contribution in [2.75, 3.05) is 25.6 Å². The zero-order chi connectivity index (χ0) is 16.1. The highest BCUT2D eigenvalue weighted by Gasteiger charge is 2.16. The third kappa shape index (κ3) is 3.96. The Morgan fingerprint density at radius 2 is 2.00 bits per heavy atom. The molecule has 1 amide bonds. The first-order valence-corrected chi connectivity index (χ1v) is 7.20. The molecule has 1 heterocycles. The molecule has 2 N–H and O–H groups in total. The molecule has 2 aromatic rings. The predicted molar refractivity (Wildman–Crippen MR) is 87.3 cm³/mol. The Hall–Kier alpha value is -2.11. The molecule has 116 valence electrons. The van der Waals surface area contributed by atoms with Gasteiger partial charge in [-0.15, -0.1) is 0 Å². The number of hydrogen-bond acceptors (Lipinski definition) is 4. The van der Waals surface area contributed by atoms with E-state index in [2.05, 4.69) is 10.3 Å². The molecule has 0 fully saturated rings. The lowest BCUT2D eigenvalue weighted by Gasteiger charge is -2.18. The summed E-state index contributed by atoms with van der Waals surface area (Å²) >= 11 is 5.96. The second kappa shape index (κ2) is 7.24. The highest BCUT2D eigenvalue weighted by atomic mass is 35.5. The van der Waals surface area contributed by atoms with E-state index in [9.17, 15) is 9.90 Å². The number of anilines is 1. The number of aliphatic hydroxyl groups is 1. The summed E-state index contributed by atoms with van der Waals surface area (Å²) < 4.78 is 0. The Morgan fingerprint density at radius 1 is 1.32 bits per heavy atom. The van der Waals surface area contributed by atoms with Crippen LogP contribution >= 0.6 is 11.6 Å². The summed E-state index contributed by atoms with van der Waals surface area (Å²) in [5, 5.41) is 12.6. The first-order chi connectivity index (χ1) is 10.5. The molecule has 22 heavy (non-hydrogen) atoms. The number of aliphatic hydroxyl groups excluding tert-OH is 1. The maximum absolute atomic E-state index is 12.4. The van der Waals surface area contributed by atoms with Gasteiger partial charge in [0.1, 0.15) is 11.0 Å². The SMILES string of the molecule is CN(C)c1cc(C(=O)NC(CO)c2ccccc2)cc(Cl)n1. The lowest BCUT2D eigenvalue weighted by molar-refractivity contribution is 0.0916. The number of pyridine rings is 1. The second-order valence-corrected chi connectivity index (χ2v) is 5.44. The Morgan fingerprint density at radius 3 is 2.59 bits per heavy atom. The van der Waals surface area contributed by atoms with Crippen molar-refractivity contribution < 1.29 is 9.90 Å². The summed E-state index contributed by atoms with van der Waals surface area (Å²) in [5.41, 5.74) is 1.24. The molecule has 0 aliphatic heterocycles. The molecule has 1 atom stereocenters. The summed E-state index contributed by atoms with van der Waals surface area (Å²) in [6, 6.07) is 12.0. The van der Waals surface area contributed by atoms with Crippen LogP contribution in [-0.4, -0.2) is 36.7 Å². The van der Waals surface area contributed by atoms with Gasteiger partial charge in [-0.3, -0.25) is 4.79 Å². The van der Waals surface area contributed by atoms with E-state index in [1.807, 2.05) is 44.4 Å². The third-order valence-electron chi connectivity index (χ3n) is 3.19. The van der Waals surface area contributed by atoms with Gasteiger partial charge >= 0.3 is 0 Å². The zero-order valence-corrected chi connectivity index (χ0v) is 13.2. The molecule has 0 aliphatic carbocycles. The van der Waals surface area contributed by atoms with Crippen LogP contribution in [0.5, 0.6) is 0 Å². The van der Waals surface area contributed by atoms with E-state index in [0.717, 1.165) is 5.56 Å². The van der Waals surface area contributed by atoms with Gasteiger partial charge in [0.15, 0.2) is 0 Å². The molecule has 1 unspecified atom stereocenters. The molecule has 5 nitrogen and oxygen atoms in total. The summed E-state index contributed by atoms with van der Waals surface area (Å²) in [7, 11) is 3.64. The molecule has 0 radical (unpaired) electrons. The smallest absolute Gasteiger partial charge is 0.252 e. The van der Waals surface area contributed by atoms with Crippen molar-refractivity contribution in [1.82, 2.24) is 10.3 Å². The summed E-state index contributed by atoms with van der Waals surface area (Å²) in [6.07, 6.45) is 0. The van der Waals surface area contributed by atoms with E-state index >= 15 is 0 Å². The first kappa shape index (κ1) is 16.3. The highest BCUT2D eigenvalue weighted by molar-refractivity contribution is 6.29. The molecule has 0 aliphatic rings. The predicted octanol–water partition coefficient (Wildman–Crippen LogP) is 2.26. The summed E-state index contributed by atoms with van der Waals surface area (Å²) in [5.74, 6) is 0.285. The fourth-order valence-electron chi connectivity index (χ4n) is 2.00. The van der Waals surface area contributed by atoms with Crippen LogP contribution < -0.4 is 10.2 Å². The number of carbonyl (C=O) groups is 1. The van der Waals surface area contributed by atoms with Gasteiger partial charge in [-0.05, 0) is 17.7 Å². The van der Waals surface area contributed by atoms with Crippen molar-refractivity contribution in [3.63, 3.8) is 0 Å². The van der Waals surface area contributed by atoms with Crippen molar-refractivity contribution in [1.29, 1.82) is 0 Å². The van der Waals surface area contributed by atoms with Crippen LogP contribution in [0.25, 0.3) is 0 Å². The van der Waals surface area contributed by atoms with Crippen molar-refractivity contribution in [3.8, 4) is 0 Å². The fourth-order valence-corrected chi connectivity index (χ4v) is 2.21. The minimum Gasteiger partial charge on any atom is -0.394 e. The summed E-state index contributed by atoms with van der Waals surface area (Å²) in [4.78, 5) is 18.3. The quantitative estimate of drug-likeness (QED) is 0.830. The molecule has 0 spiro atoms. The Kier molecular flexibility index (Phi) is 5.35. The van der Waals surface area contributed by atoms with Crippen molar-refractivity contribution >= 4 is 23.3 Å². The van der Waals surface area contributed by atoms with Gasteiger partial charge in [0.25, 0.3) is 5.91 Å². The number of halogens is 1. The van der Waals surface area contributed by atoms with Crippen LogP contribution in [0.15, 0.2) is 42.5 Å². The standard InChI is InChI=1S/C16H18ClN3O2/c1-20(2)15-9-12(8-14(17)19-15)16(22)18-13(10-21)11-6-4-3-5-7-11/h3-9,13,21H,10H2,1-2H3,(H,18,22). The minimum absolute atomic E-state index is 0.185. The van der Waals surface area contributed by atoms with Gasteiger partial charge in [0.05, 0.1) is 12.6 Å². The molecular weight excluding hydrogens is 302 g/mol. The van der Waals surface area contributed by atoms with Crippen LogP contribution in [0.1, 0.15) is 22.0 Å². The van der Waals surface area contributed by atoms with Crippen LogP contribution in [-0.2, 0) is 0 Å². The van der Waals surface area contributed by atoms with Gasteiger partial charge < -0.3 is 15.3 Å². The lowest BCUT2D eigenvalue weighted by Crippen LogP contribution is -2.31. The third-order valence-corrected chi connectivity index (χ3v) is 3.38. The van der Waals surface area contributed by atoms with Crippen molar-refractivity contribution in [3.05, 3.63) is 58.7 Å². The molecule has 1 aromatic carbocycles. The van der Waals surface area contributed by atoms with Crippen LogP contribution in [0.3, 0.4) is 0 Å². The maximum Gasteiger partial charge on any atom is 0.252 e. The monoisotopic (exact) mass is 319 g/mol. The van der Waals surface area contributed by atoms with Gasteiger partial charge in [-0.1, -0.05) is 41.9 Å². The number of aromatic nitrogens is 1. The molecule has 0 saturated carbocycles. The lowest BCUT2D eigenvalue weighted by atomic mass is 10.1. The van der Waals surface area contributed by atoms with E-state index < -0.39 is 6.04 Å². The molecule has 6 heteroatoms. The van der Waals surface area contributed by atoms with E-state index in [4.69, 9.17) is 11.6 Å². The van der Waals surface area contributed by atoms with Crippen LogP contribution in [0.2, 0.25) is 5.15 Å². The van der Waals surface area contributed by atoms with Gasteiger partial charge in [-0.25, -0.2) is 4.98 Å². The average Bonchev–Trinajstić information content (AvgIpc) is 2.52. The zero-order valence-electron chi connectivity index (χ0n) is 12.5. The fraction of sp³-hybridized carbons (Fsp3) is 0.250. The molecule has 2 rings (SSSR count). The first-order valence-electron chi connectivity index (χ1n) is 6.83. The minimum atomic E-state index is -0.469. The number of nitrogens with one attached hydrogen (secondary N) is 1. The number of nitrogens with zero attached hydrogens (tertiary/aromatic N) is 2. The Balaban J connectivity index is 2.21. The number of rotatable bonds is 5. The Labute approximate surface area is 134 Å². The van der Waals surface area contributed by atoms with Gasteiger partial charge in [0, 0.05) is 19.7 Å². The van der Waals surface area contributed by atoms with E-state index in [-0.39, 0.29) is 17.7 Å². The molecular formula is C16H18ClN3O2. The second-order valence-electron chi connectivity index (χ2n) is 5.05. The van der Waals surface area contributed by atoms with E-state index in [0.29, 0.717) is 11.4 Å².